The molecule has 25 heavy (non-hydrogen) atoms. The summed E-state index contributed by atoms with van der Waals surface area (Å²) in [6.45, 7) is 4.14. The molecule has 1 heterocycles. The average molecular weight is 345 g/mol. The smallest absolute Gasteiger partial charge is 0.245 e. The van der Waals surface area contributed by atoms with Crippen LogP contribution in [0.5, 0.6) is 0 Å². The number of aryl methyl sites for hydroxylation is 2. The third kappa shape index (κ3) is 6.16. The molecule has 0 saturated heterocycles. The van der Waals surface area contributed by atoms with Gasteiger partial charge in [0, 0.05) is 26.6 Å². The summed E-state index contributed by atoms with van der Waals surface area (Å²) in [6.07, 6.45) is 7.86. The molecule has 0 fully saturated rings. The van der Waals surface area contributed by atoms with Crippen LogP contribution in [0.25, 0.3) is 11.0 Å². The summed E-state index contributed by atoms with van der Waals surface area (Å²) in [5.41, 5.74) is 2.35. The first-order valence-corrected chi connectivity index (χ1v) is 9.46. The normalized spacial score (nSPS) is 11.1. The zero-order valence-corrected chi connectivity index (χ0v) is 15.6. The highest BCUT2D eigenvalue weighted by molar-refractivity contribution is 5.77. The standard InChI is InChI=1S/C20H31N3O2/c1-3-4-10-15-23-18-12-8-7-11-17(18)22-19(23)13-6-5-9-14-21-20(24)16-25-2/h7-8,11-12H,3-6,9-10,13-16H2,1-2H3,(H,21,24). The number of nitrogens with zero attached hydrogens (tertiary/aromatic N) is 2. The van der Waals surface area contributed by atoms with Crippen LogP contribution in [0.2, 0.25) is 0 Å². The molecule has 0 atom stereocenters. The lowest BCUT2D eigenvalue weighted by Crippen LogP contribution is -2.27. The Morgan fingerprint density at radius 2 is 2.00 bits per heavy atom. The Bertz CT molecular complexity index is 651. The number of para-hydroxylation sites is 2. The largest absolute Gasteiger partial charge is 0.375 e. The van der Waals surface area contributed by atoms with Crippen molar-refractivity contribution in [2.75, 3.05) is 20.3 Å². The zero-order chi connectivity index (χ0) is 17.9. The van der Waals surface area contributed by atoms with Gasteiger partial charge in [-0.05, 0) is 31.4 Å². The number of carbonyl (C=O) groups excluding carboxylic acids is 1. The second kappa shape index (κ2) is 10.9. The first kappa shape index (κ1) is 19.4. The molecule has 1 aromatic heterocycles. The van der Waals surface area contributed by atoms with Crippen molar-refractivity contribution in [3.8, 4) is 0 Å². The predicted molar refractivity (Wildman–Crippen MR) is 102 cm³/mol. The second-order valence-electron chi connectivity index (χ2n) is 6.47. The number of unbranched alkanes of at least 4 members (excludes halogenated alkanes) is 4. The Morgan fingerprint density at radius 3 is 2.80 bits per heavy atom. The van der Waals surface area contributed by atoms with E-state index in [1.807, 2.05) is 0 Å². The van der Waals surface area contributed by atoms with Crippen LogP contribution in [-0.2, 0) is 22.5 Å². The number of imidazole rings is 1. The van der Waals surface area contributed by atoms with Gasteiger partial charge in [-0.25, -0.2) is 4.98 Å². The summed E-state index contributed by atoms with van der Waals surface area (Å²) in [5.74, 6) is 1.15. The van der Waals surface area contributed by atoms with Crippen LogP contribution < -0.4 is 5.32 Å². The van der Waals surface area contributed by atoms with E-state index >= 15 is 0 Å². The second-order valence-corrected chi connectivity index (χ2v) is 6.47. The predicted octanol–water partition coefficient (Wildman–Crippen LogP) is 3.70. The minimum Gasteiger partial charge on any atom is -0.375 e. The van der Waals surface area contributed by atoms with Crippen LogP contribution in [0.15, 0.2) is 24.3 Å². The van der Waals surface area contributed by atoms with Crippen LogP contribution in [0, 0.1) is 0 Å². The highest BCUT2D eigenvalue weighted by Crippen LogP contribution is 2.19. The Labute approximate surface area is 150 Å². The summed E-state index contributed by atoms with van der Waals surface area (Å²) in [5, 5.41) is 2.86. The van der Waals surface area contributed by atoms with E-state index in [0.29, 0.717) is 0 Å². The fourth-order valence-corrected chi connectivity index (χ4v) is 3.08. The maximum Gasteiger partial charge on any atom is 0.245 e. The van der Waals surface area contributed by atoms with Crippen molar-refractivity contribution in [1.29, 1.82) is 0 Å². The molecule has 2 aromatic rings. The van der Waals surface area contributed by atoms with E-state index in [1.165, 1.54) is 37.7 Å². The molecule has 0 radical (unpaired) electrons. The van der Waals surface area contributed by atoms with Gasteiger partial charge < -0.3 is 14.6 Å². The molecule has 2 rings (SSSR count). The maximum absolute atomic E-state index is 11.3. The van der Waals surface area contributed by atoms with Crippen molar-refractivity contribution >= 4 is 16.9 Å². The fourth-order valence-electron chi connectivity index (χ4n) is 3.08. The number of rotatable bonds is 12. The minimum atomic E-state index is -0.0415. The van der Waals surface area contributed by atoms with Crippen molar-refractivity contribution in [1.82, 2.24) is 14.9 Å². The summed E-state index contributed by atoms with van der Waals surface area (Å²) in [7, 11) is 1.53. The van der Waals surface area contributed by atoms with Crippen molar-refractivity contribution in [3.63, 3.8) is 0 Å². The molecule has 0 aliphatic carbocycles. The summed E-state index contributed by atoms with van der Waals surface area (Å²) < 4.78 is 7.19. The van der Waals surface area contributed by atoms with E-state index in [4.69, 9.17) is 9.72 Å². The molecule has 0 aliphatic rings. The van der Waals surface area contributed by atoms with Crippen molar-refractivity contribution in [2.45, 2.75) is 58.4 Å². The van der Waals surface area contributed by atoms with Crippen LogP contribution in [0.3, 0.4) is 0 Å². The molecule has 1 N–H and O–H groups in total. The first-order valence-electron chi connectivity index (χ1n) is 9.46. The molecule has 0 saturated carbocycles. The molecule has 0 unspecified atom stereocenters. The molecular formula is C20H31N3O2. The van der Waals surface area contributed by atoms with E-state index in [1.54, 1.807) is 0 Å². The van der Waals surface area contributed by atoms with E-state index in [0.717, 1.165) is 44.3 Å². The van der Waals surface area contributed by atoms with Gasteiger partial charge in [0.25, 0.3) is 0 Å². The van der Waals surface area contributed by atoms with E-state index < -0.39 is 0 Å². The van der Waals surface area contributed by atoms with Gasteiger partial charge in [0.05, 0.1) is 11.0 Å². The van der Waals surface area contributed by atoms with Gasteiger partial charge in [-0.3, -0.25) is 4.79 Å². The number of methoxy groups -OCH3 is 1. The van der Waals surface area contributed by atoms with E-state index in [9.17, 15) is 4.79 Å². The zero-order valence-electron chi connectivity index (χ0n) is 15.6. The van der Waals surface area contributed by atoms with Crippen molar-refractivity contribution in [2.24, 2.45) is 0 Å². The Balaban J connectivity index is 1.83. The van der Waals surface area contributed by atoms with Crippen LogP contribution in [0.4, 0.5) is 0 Å². The lowest BCUT2D eigenvalue weighted by molar-refractivity contribution is -0.124. The summed E-state index contributed by atoms with van der Waals surface area (Å²) >= 11 is 0. The topological polar surface area (TPSA) is 56.2 Å². The van der Waals surface area contributed by atoms with E-state index in [-0.39, 0.29) is 12.5 Å². The molecule has 1 amide bonds. The molecule has 0 spiro atoms. The number of amides is 1. The third-order valence-corrected chi connectivity index (χ3v) is 4.39. The van der Waals surface area contributed by atoms with Gasteiger partial charge in [-0.1, -0.05) is 38.3 Å². The highest BCUT2D eigenvalue weighted by atomic mass is 16.5. The number of benzene rings is 1. The monoisotopic (exact) mass is 345 g/mol. The number of fused-ring (bicyclic) bond motifs is 1. The highest BCUT2D eigenvalue weighted by Gasteiger charge is 2.09. The number of aromatic nitrogens is 2. The quantitative estimate of drug-likeness (QED) is 0.597. The molecule has 0 aliphatic heterocycles. The van der Waals surface area contributed by atoms with Crippen LogP contribution in [-0.4, -0.2) is 35.7 Å². The van der Waals surface area contributed by atoms with Gasteiger partial charge in [0.2, 0.25) is 5.91 Å². The van der Waals surface area contributed by atoms with Gasteiger partial charge in [-0.2, -0.15) is 0 Å². The van der Waals surface area contributed by atoms with Crippen LogP contribution >= 0.6 is 0 Å². The molecule has 0 bridgehead atoms. The lowest BCUT2D eigenvalue weighted by atomic mass is 10.2. The van der Waals surface area contributed by atoms with Gasteiger partial charge in [-0.15, -0.1) is 0 Å². The Morgan fingerprint density at radius 1 is 1.16 bits per heavy atom. The summed E-state index contributed by atoms with van der Waals surface area (Å²) in [6, 6.07) is 8.41. The van der Waals surface area contributed by atoms with Gasteiger partial charge in [0.15, 0.2) is 0 Å². The van der Waals surface area contributed by atoms with Crippen molar-refractivity contribution in [3.05, 3.63) is 30.1 Å². The maximum atomic E-state index is 11.3. The Kier molecular flexibility index (Phi) is 8.46. The third-order valence-electron chi connectivity index (χ3n) is 4.39. The molecule has 5 heteroatoms. The SMILES string of the molecule is CCCCCn1c(CCCCCNC(=O)COC)nc2ccccc21. The molecule has 138 valence electrons. The molecule has 1 aromatic carbocycles. The summed E-state index contributed by atoms with van der Waals surface area (Å²) in [4.78, 5) is 16.2. The molecule has 5 nitrogen and oxygen atoms in total. The Hall–Kier alpha value is -1.88. The van der Waals surface area contributed by atoms with Gasteiger partial charge in [0.1, 0.15) is 12.4 Å². The first-order chi connectivity index (χ1) is 12.3. The fraction of sp³-hybridized carbons (Fsp3) is 0.600. The number of nitrogens with one attached hydrogen (secondary N) is 1. The number of carbonyl (C=O) groups is 1. The number of ether oxygens (including phenoxy) is 1. The van der Waals surface area contributed by atoms with Crippen LogP contribution in [0.1, 0.15) is 51.3 Å². The average Bonchev–Trinajstić information content (AvgIpc) is 2.96. The van der Waals surface area contributed by atoms with E-state index in [2.05, 4.69) is 41.1 Å². The minimum absolute atomic E-state index is 0.0415. The van der Waals surface area contributed by atoms with Crippen molar-refractivity contribution < 1.29 is 9.53 Å². The lowest BCUT2D eigenvalue weighted by Gasteiger charge is -2.09. The molecular weight excluding hydrogens is 314 g/mol. The van der Waals surface area contributed by atoms with Gasteiger partial charge >= 0.3 is 0 Å². The number of hydrogen-bond acceptors (Lipinski definition) is 3. The number of hydrogen-bond donors (Lipinski definition) is 1.